The summed E-state index contributed by atoms with van der Waals surface area (Å²) in [6, 6.07) is 6.51. The number of hydrogen-bond acceptors (Lipinski definition) is 4. The maximum absolute atomic E-state index is 12.5. The van der Waals surface area contributed by atoms with Crippen molar-refractivity contribution in [3.8, 4) is 0 Å². The minimum Gasteiger partial charge on any atom is -0.342 e. The first kappa shape index (κ1) is 16.4. The van der Waals surface area contributed by atoms with Gasteiger partial charge in [0.25, 0.3) is 0 Å². The zero-order chi connectivity index (χ0) is 16.1. The van der Waals surface area contributed by atoms with Gasteiger partial charge in [0.2, 0.25) is 5.91 Å². The molecule has 1 aromatic rings. The molecule has 1 amide bonds. The van der Waals surface area contributed by atoms with E-state index < -0.39 is 0 Å². The fraction of sp³-hybridized carbons (Fsp3) is 0.667. The van der Waals surface area contributed by atoms with Crippen LogP contribution in [0.3, 0.4) is 0 Å². The Morgan fingerprint density at radius 3 is 2.83 bits per heavy atom. The normalized spacial score (nSPS) is 23.1. The molecule has 1 N–H and O–H groups in total. The smallest absolute Gasteiger partial charge is 0.227 e. The highest BCUT2D eigenvalue weighted by Crippen LogP contribution is 2.19. The predicted octanol–water partition coefficient (Wildman–Crippen LogP) is 1.16. The van der Waals surface area contributed by atoms with Crippen LogP contribution in [0.15, 0.2) is 24.4 Å². The van der Waals surface area contributed by atoms with Crippen molar-refractivity contribution < 1.29 is 4.79 Å². The minimum atomic E-state index is 0.196. The summed E-state index contributed by atoms with van der Waals surface area (Å²) in [7, 11) is 1.99. The lowest BCUT2D eigenvalue weighted by Gasteiger charge is -2.37. The molecule has 0 radical (unpaired) electrons. The van der Waals surface area contributed by atoms with E-state index in [0.29, 0.717) is 11.9 Å². The van der Waals surface area contributed by atoms with Crippen molar-refractivity contribution in [1.82, 2.24) is 20.1 Å². The summed E-state index contributed by atoms with van der Waals surface area (Å²) < 4.78 is 0. The van der Waals surface area contributed by atoms with E-state index in [9.17, 15) is 4.79 Å². The van der Waals surface area contributed by atoms with Gasteiger partial charge in [-0.15, -0.1) is 0 Å². The van der Waals surface area contributed by atoms with Crippen LogP contribution in [0.4, 0.5) is 0 Å². The molecular formula is C18H28N4O. The molecule has 0 aliphatic carbocycles. The topological polar surface area (TPSA) is 48.5 Å². The Labute approximate surface area is 139 Å². The second kappa shape index (κ2) is 7.88. The number of piperidine rings is 1. The largest absolute Gasteiger partial charge is 0.342 e. The average molecular weight is 316 g/mol. The molecule has 0 bridgehead atoms. The summed E-state index contributed by atoms with van der Waals surface area (Å²) in [6.07, 6.45) is 6.04. The van der Waals surface area contributed by atoms with E-state index in [0.717, 1.165) is 64.1 Å². The maximum atomic E-state index is 12.5. The number of nitrogens with zero attached hydrogens (tertiary/aromatic N) is 3. The van der Waals surface area contributed by atoms with Crippen LogP contribution in [0.25, 0.3) is 0 Å². The second-order valence-corrected chi connectivity index (χ2v) is 6.78. The van der Waals surface area contributed by atoms with E-state index in [1.807, 2.05) is 30.3 Å². The Balaban J connectivity index is 1.42. The van der Waals surface area contributed by atoms with Gasteiger partial charge < -0.3 is 15.1 Å². The summed E-state index contributed by atoms with van der Waals surface area (Å²) >= 11 is 0. The zero-order valence-corrected chi connectivity index (χ0v) is 14.1. The molecule has 0 aromatic carbocycles. The summed E-state index contributed by atoms with van der Waals surface area (Å²) in [5.74, 6) is 0.532. The average Bonchev–Trinajstić information content (AvgIpc) is 3.15. The third-order valence-corrected chi connectivity index (χ3v) is 5.27. The van der Waals surface area contributed by atoms with E-state index >= 15 is 0 Å². The van der Waals surface area contributed by atoms with E-state index in [4.69, 9.17) is 0 Å². The van der Waals surface area contributed by atoms with Gasteiger partial charge in [0, 0.05) is 57.6 Å². The SMILES string of the molecule is CN(C(=O)C1CCNC1)C1CCN(CCc2ccccn2)CC1. The molecule has 126 valence electrons. The molecule has 23 heavy (non-hydrogen) atoms. The van der Waals surface area contributed by atoms with Crippen LogP contribution in [0, 0.1) is 5.92 Å². The summed E-state index contributed by atoms with van der Waals surface area (Å²) in [5, 5.41) is 3.29. The van der Waals surface area contributed by atoms with Crippen molar-refractivity contribution in [1.29, 1.82) is 0 Å². The van der Waals surface area contributed by atoms with Gasteiger partial charge in [-0.05, 0) is 37.9 Å². The van der Waals surface area contributed by atoms with Crippen LogP contribution in [-0.4, -0.2) is 66.5 Å². The lowest BCUT2D eigenvalue weighted by Crippen LogP contribution is -2.47. The molecule has 2 fully saturated rings. The molecule has 2 aliphatic heterocycles. The van der Waals surface area contributed by atoms with Gasteiger partial charge in [0.1, 0.15) is 0 Å². The van der Waals surface area contributed by atoms with Gasteiger partial charge in [-0.3, -0.25) is 9.78 Å². The van der Waals surface area contributed by atoms with E-state index in [2.05, 4.69) is 21.3 Å². The zero-order valence-electron chi connectivity index (χ0n) is 14.1. The molecule has 1 atom stereocenters. The van der Waals surface area contributed by atoms with Crippen molar-refractivity contribution in [2.45, 2.75) is 31.7 Å². The Bertz CT molecular complexity index is 493. The fourth-order valence-corrected chi connectivity index (χ4v) is 3.68. The molecule has 0 spiro atoms. The van der Waals surface area contributed by atoms with Crippen LogP contribution < -0.4 is 5.32 Å². The Morgan fingerprint density at radius 1 is 1.35 bits per heavy atom. The van der Waals surface area contributed by atoms with Crippen molar-refractivity contribution >= 4 is 5.91 Å². The number of carbonyl (C=O) groups excluding carboxylic acids is 1. The van der Waals surface area contributed by atoms with Crippen LogP contribution in [0.1, 0.15) is 25.0 Å². The first-order chi connectivity index (χ1) is 11.2. The number of pyridine rings is 1. The predicted molar refractivity (Wildman–Crippen MR) is 91.1 cm³/mol. The highest BCUT2D eigenvalue weighted by atomic mass is 16.2. The number of nitrogens with one attached hydrogen (secondary N) is 1. The van der Waals surface area contributed by atoms with Crippen molar-refractivity contribution in [3.05, 3.63) is 30.1 Å². The van der Waals surface area contributed by atoms with Gasteiger partial charge in [0.15, 0.2) is 0 Å². The fourth-order valence-electron chi connectivity index (χ4n) is 3.68. The number of aromatic nitrogens is 1. The lowest BCUT2D eigenvalue weighted by atomic mass is 10.0. The second-order valence-electron chi connectivity index (χ2n) is 6.78. The minimum absolute atomic E-state index is 0.196. The third kappa shape index (κ3) is 4.30. The maximum Gasteiger partial charge on any atom is 0.227 e. The molecule has 1 aromatic heterocycles. The van der Waals surface area contributed by atoms with Crippen molar-refractivity contribution in [2.75, 3.05) is 39.8 Å². The molecule has 2 aliphatic rings. The van der Waals surface area contributed by atoms with Crippen LogP contribution in [-0.2, 0) is 11.2 Å². The Kier molecular flexibility index (Phi) is 5.62. The standard InChI is InChI=1S/C18H28N4O/c1-21(18(23)15-5-10-19-14-15)17-7-12-22(13-8-17)11-6-16-4-2-3-9-20-16/h2-4,9,15,17,19H,5-8,10-14H2,1H3. The number of hydrogen-bond donors (Lipinski definition) is 1. The molecule has 2 saturated heterocycles. The first-order valence-electron chi connectivity index (χ1n) is 8.83. The highest BCUT2D eigenvalue weighted by molar-refractivity contribution is 5.79. The number of likely N-dealkylation sites (tertiary alicyclic amines) is 1. The van der Waals surface area contributed by atoms with Crippen LogP contribution in [0.2, 0.25) is 0 Å². The summed E-state index contributed by atoms with van der Waals surface area (Å²) in [5.41, 5.74) is 1.16. The number of rotatable bonds is 5. The van der Waals surface area contributed by atoms with Gasteiger partial charge >= 0.3 is 0 Å². The van der Waals surface area contributed by atoms with E-state index in [-0.39, 0.29) is 5.92 Å². The highest BCUT2D eigenvalue weighted by Gasteiger charge is 2.30. The van der Waals surface area contributed by atoms with Gasteiger partial charge in [-0.2, -0.15) is 0 Å². The molecule has 3 rings (SSSR count). The van der Waals surface area contributed by atoms with Gasteiger partial charge in [-0.1, -0.05) is 6.07 Å². The van der Waals surface area contributed by atoms with E-state index in [1.165, 1.54) is 0 Å². The number of carbonyl (C=O) groups is 1. The van der Waals surface area contributed by atoms with Gasteiger partial charge in [0.05, 0.1) is 5.92 Å². The van der Waals surface area contributed by atoms with Crippen LogP contribution >= 0.6 is 0 Å². The Hall–Kier alpha value is -1.46. The molecule has 0 saturated carbocycles. The quantitative estimate of drug-likeness (QED) is 0.885. The van der Waals surface area contributed by atoms with Crippen LogP contribution in [0.5, 0.6) is 0 Å². The molecular weight excluding hydrogens is 288 g/mol. The summed E-state index contributed by atoms with van der Waals surface area (Å²) in [4.78, 5) is 21.4. The van der Waals surface area contributed by atoms with Crippen molar-refractivity contribution in [2.24, 2.45) is 5.92 Å². The summed E-state index contributed by atoms with van der Waals surface area (Å²) in [6.45, 7) is 5.06. The first-order valence-corrected chi connectivity index (χ1v) is 8.83. The monoisotopic (exact) mass is 316 g/mol. The van der Waals surface area contributed by atoms with Crippen molar-refractivity contribution in [3.63, 3.8) is 0 Å². The molecule has 1 unspecified atom stereocenters. The molecule has 5 nitrogen and oxygen atoms in total. The lowest BCUT2D eigenvalue weighted by molar-refractivity contribution is -0.136. The van der Waals surface area contributed by atoms with E-state index in [1.54, 1.807) is 0 Å². The number of amides is 1. The Morgan fingerprint density at radius 2 is 2.17 bits per heavy atom. The van der Waals surface area contributed by atoms with Gasteiger partial charge in [-0.25, -0.2) is 0 Å². The molecule has 5 heteroatoms. The molecule has 3 heterocycles. The third-order valence-electron chi connectivity index (χ3n) is 5.27.